The third-order valence-corrected chi connectivity index (χ3v) is 6.58. The third kappa shape index (κ3) is 10.0. The number of benzene rings is 2. The van der Waals surface area contributed by atoms with Gasteiger partial charge >= 0.3 is 11.9 Å². The molecule has 2 aromatic rings. The Hall–Kier alpha value is -4.25. The zero-order valence-electron chi connectivity index (χ0n) is 23.6. The van der Waals surface area contributed by atoms with Crippen LogP contribution in [-0.2, 0) is 25.7 Å². The van der Waals surface area contributed by atoms with Gasteiger partial charge in [0.15, 0.2) is 0 Å². The highest BCUT2D eigenvalue weighted by molar-refractivity contribution is 6.02. The van der Waals surface area contributed by atoms with E-state index in [9.17, 15) is 34.2 Å². The predicted octanol–water partition coefficient (Wildman–Crippen LogP) is 3.70. The fraction of sp³-hybridized carbons (Fsp3) is 0.433. The molecule has 5 N–H and O–H groups in total. The summed E-state index contributed by atoms with van der Waals surface area (Å²) in [6.07, 6.45) is 1.78. The van der Waals surface area contributed by atoms with Crippen molar-refractivity contribution in [3.8, 4) is 11.1 Å². The fourth-order valence-corrected chi connectivity index (χ4v) is 4.50. The summed E-state index contributed by atoms with van der Waals surface area (Å²) in [5.41, 5.74) is 3.59. The zero-order chi connectivity index (χ0) is 30.5. The van der Waals surface area contributed by atoms with Crippen molar-refractivity contribution in [2.45, 2.75) is 65.5 Å². The smallest absolute Gasteiger partial charge is 0.336 e. The number of carbonyl (C=O) groups is 5. The van der Waals surface area contributed by atoms with Gasteiger partial charge < -0.3 is 20.4 Å². The molecule has 11 nitrogen and oxygen atoms in total. The first-order valence-corrected chi connectivity index (χ1v) is 13.6. The molecule has 11 heteroatoms. The number of carboxylic acids is 2. The molecule has 3 amide bonds. The molecule has 0 aromatic heterocycles. The molecule has 2 aromatic carbocycles. The number of hydroxylamine groups is 1. The summed E-state index contributed by atoms with van der Waals surface area (Å²) >= 11 is 0. The van der Waals surface area contributed by atoms with Gasteiger partial charge in [0.05, 0.1) is 12.0 Å². The highest BCUT2D eigenvalue weighted by atomic mass is 16.5. The van der Waals surface area contributed by atoms with Crippen molar-refractivity contribution >= 4 is 29.7 Å². The lowest BCUT2D eigenvalue weighted by atomic mass is 9.95. The highest BCUT2D eigenvalue weighted by Crippen LogP contribution is 2.25. The maximum Gasteiger partial charge on any atom is 0.336 e. The summed E-state index contributed by atoms with van der Waals surface area (Å²) in [5, 5.41) is 30.5. The van der Waals surface area contributed by atoms with Crippen LogP contribution in [0.2, 0.25) is 0 Å². The summed E-state index contributed by atoms with van der Waals surface area (Å²) in [4.78, 5) is 63.5. The lowest BCUT2D eigenvalue weighted by Crippen LogP contribution is -2.52. The van der Waals surface area contributed by atoms with Crippen LogP contribution in [0.4, 0.5) is 0 Å². The van der Waals surface area contributed by atoms with Gasteiger partial charge in [-0.05, 0) is 41.5 Å². The monoisotopic (exact) mass is 569 g/mol. The Morgan fingerprint density at radius 2 is 1.56 bits per heavy atom. The Morgan fingerprint density at radius 1 is 0.902 bits per heavy atom. The van der Waals surface area contributed by atoms with Crippen molar-refractivity contribution in [1.82, 2.24) is 15.7 Å². The Kier molecular flexibility index (Phi) is 13.0. The minimum Gasteiger partial charge on any atom is -0.481 e. The van der Waals surface area contributed by atoms with Crippen LogP contribution in [0.15, 0.2) is 48.5 Å². The van der Waals surface area contributed by atoms with Crippen molar-refractivity contribution in [3.63, 3.8) is 0 Å². The molecule has 0 radical (unpaired) electrons. The SMILES string of the molecule is CCCCCN(Cc1ccc(-c2ccccc2C(=O)O)cc1)C(=O)C(CC(=O)O)NC(=O)C(CC(C)C)C(=O)NO. The van der Waals surface area contributed by atoms with Gasteiger partial charge in [-0.3, -0.25) is 24.4 Å². The molecule has 0 spiro atoms. The first kappa shape index (κ1) is 33.0. The van der Waals surface area contributed by atoms with Crippen LogP contribution in [0, 0.1) is 11.8 Å². The second-order valence-corrected chi connectivity index (χ2v) is 10.3. The summed E-state index contributed by atoms with van der Waals surface area (Å²) < 4.78 is 0. The first-order valence-electron chi connectivity index (χ1n) is 13.6. The molecule has 0 aliphatic heterocycles. The molecule has 0 saturated carbocycles. The highest BCUT2D eigenvalue weighted by Gasteiger charge is 2.33. The average Bonchev–Trinajstić information content (AvgIpc) is 2.94. The number of aromatic carboxylic acids is 1. The zero-order valence-corrected chi connectivity index (χ0v) is 23.6. The van der Waals surface area contributed by atoms with Crippen LogP contribution in [0.1, 0.15) is 68.8 Å². The number of aliphatic carboxylic acids is 1. The molecule has 0 saturated heterocycles. The van der Waals surface area contributed by atoms with Crippen molar-refractivity contribution in [1.29, 1.82) is 0 Å². The number of nitrogens with one attached hydrogen (secondary N) is 2. The van der Waals surface area contributed by atoms with E-state index in [1.54, 1.807) is 56.3 Å². The van der Waals surface area contributed by atoms with Crippen LogP contribution in [0.5, 0.6) is 0 Å². The predicted molar refractivity (Wildman–Crippen MR) is 151 cm³/mol. The van der Waals surface area contributed by atoms with Gasteiger partial charge in [-0.15, -0.1) is 0 Å². The van der Waals surface area contributed by atoms with E-state index in [2.05, 4.69) is 5.32 Å². The Bertz CT molecular complexity index is 1210. The Morgan fingerprint density at radius 3 is 2.12 bits per heavy atom. The van der Waals surface area contributed by atoms with E-state index < -0.39 is 48.0 Å². The van der Waals surface area contributed by atoms with E-state index >= 15 is 0 Å². The van der Waals surface area contributed by atoms with E-state index in [1.165, 1.54) is 16.4 Å². The van der Waals surface area contributed by atoms with Gasteiger partial charge in [0, 0.05) is 13.1 Å². The summed E-state index contributed by atoms with van der Waals surface area (Å²) in [6, 6.07) is 12.2. The molecule has 0 bridgehead atoms. The number of carboxylic acid groups (broad SMARTS) is 2. The van der Waals surface area contributed by atoms with E-state index in [-0.39, 0.29) is 24.4 Å². The van der Waals surface area contributed by atoms with Crippen LogP contribution in [-0.4, -0.2) is 62.6 Å². The molecule has 2 unspecified atom stereocenters. The third-order valence-electron chi connectivity index (χ3n) is 6.58. The Balaban J connectivity index is 2.32. The van der Waals surface area contributed by atoms with Crippen molar-refractivity contribution < 1.29 is 39.4 Å². The van der Waals surface area contributed by atoms with Crippen molar-refractivity contribution in [2.24, 2.45) is 11.8 Å². The summed E-state index contributed by atoms with van der Waals surface area (Å²) in [7, 11) is 0. The van der Waals surface area contributed by atoms with Gasteiger partial charge in [0.2, 0.25) is 11.8 Å². The average molecular weight is 570 g/mol. The van der Waals surface area contributed by atoms with E-state index in [1.807, 2.05) is 6.92 Å². The molecule has 222 valence electrons. The topological polar surface area (TPSA) is 173 Å². The number of carbonyl (C=O) groups excluding carboxylic acids is 3. The van der Waals surface area contributed by atoms with E-state index in [0.717, 1.165) is 18.4 Å². The molecule has 41 heavy (non-hydrogen) atoms. The quantitative estimate of drug-likeness (QED) is 0.0881. The second-order valence-electron chi connectivity index (χ2n) is 10.3. The van der Waals surface area contributed by atoms with Gasteiger partial charge in [-0.25, -0.2) is 10.3 Å². The molecule has 0 heterocycles. The molecule has 2 rings (SSSR count). The van der Waals surface area contributed by atoms with Crippen LogP contribution >= 0.6 is 0 Å². The van der Waals surface area contributed by atoms with Crippen LogP contribution in [0.25, 0.3) is 11.1 Å². The summed E-state index contributed by atoms with van der Waals surface area (Å²) in [5.74, 6) is -6.14. The maximum absolute atomic E-state index is 13.6. The van der Waals surface area contributed by atoms with E-state index in [0.29, 0.717) is 24.1 Å². The largest absolute Gasteiger partial charge is 0.481 e. The fourth-order valence-electron chi connectivity index (χ4n) is 4.50. The van der Waals surface area contributed by atoms with Gasteiger partial charge in [-0.2, -0.15) is 0 Å². The molecular formula is C30H39N3O8. The normalized spacial score (nSPS) is 12.3. The lowest BCUT2D eigenvalue weighted by Gasteiger charge is -2.28. The van der Waals surface area contributed by atoms with Crippen molar-refractivity contribution in [3.05, 3.63) is 59.7 Å². The van der Waals surface area contributed by atoms with Gasteiger partial charge in [0.1, 0.15) is 12.0 Å². The number of unbranched alkanes of at least 4 members (excludes halogenated alkanes) is 2. The Labute approximate surface area is 239 Å². The summed E-state index contributed by atoms with van der Waals surface area (Å²) in [6.45, 7) is 6.02. The minimum absolute atomic E-state index is 0.0871. The maximum atomic E-state index is 13.6. The minimum atomic E-state index is -1.43. The molecular weight excluding hydrogens is 530 g/mol. The molecule has 2 atom stereocenters. The number of nitrogens with zero attached hydrogens (tertiary/aromatic N) is 1. The first-order chi connectivity index (χ1) is 19.5. The number of rotatable bonds is 16. The second kappa shape index (κ2) is 16.1. The van der Waals surface area contributed by atoms with Gasteiger partial charge in [-0.1, -0.05) is 76.1 Å². The molecule has 0 aliphatic carbocycles. The van der Waals surface area contributed by atoms with Crippen molar-refractivity contribution in [2.75, 3.05) is 6.54 Å². The number of hydrogen-bond donors (Lipinski definition) is 5. The van der Waals surface area contributed by atoms with Crippen LogP contribution in [0.3, 0.4) is 0 Å². The number of hydrogen-bond acceptors (Lipinski definition) is 6. The van der Waals surface area contributed by atoms with E-state index in [4.69, 9.17) is 5.21 Å². The van der Waals surface area contributed by atoms with Gasteiger partial charge in [0.25, 0.3) is 5.91 Å². The standard InChI is InChI=1S/C30H39N3O8/c1-4-5-8-15-33(18-20-11-13-21(14-12-20)22-9-6-7-10-23(22)30(39)40)29(38)25(17-26(34)35)31-27(36)24(16-19(2)3)28(37)32-41/h6-7,9-14,19,24-25,41H,4-5,8,15-18H2,1-3H3,(H,31,36)(H,32,37)(H,34,35)(H,39,40). The lowest BCUT2D eigenvalue weighted by molar-refractivity contribution is -0.146. The molecule has 0 aliphatic rings. The van der Waals surface area contributed by atoms with Crippen LogP contribution < -0.4 is 10.8 Å². The molecule has 0 fully saturated rings. The number of amides is 3.